The van der Waals surface area contributed by atoms with Gasteiger partial charge in [-0.25, -0.2) is 0 Å². The van der Waals surface area contributed by atoms with E-state index in [0.717, 1.165) is 19.4 Å². The standard InChI is InChI=1S/C20H27N3O4/c1-13(24)22-7-4-15(5-8-22)20(26)23-10-17(14-2-3-14)18(11-23)21-19(25)16-6-9-27-12-16/h6,9,12,14-15,17-18H,2-5,7-8,10-11H2,1H3,(H,21,25)/t17-,18+/m0/s1. The van der Waals surface area contributed by atoms with Crippen LogP contribution in [0.15, 0.2) is 23.0 Å². The smallest absolute Gasteiger partial charge is 0.254 e. The van der Waals surface area contributed by atoms with Gasteiger partial charge in [-0.2, -0.15) is 0 Å². The minimum absolute atomic E-state index is 0.00107. The van der Waals surface area contributed by atoms with Crippen LogP contribution in [0.2, 0.25) is 0 Å². The molecule has 4 rings (SSSR count). The number of piperidine rings is 1. The minimum atomic E-state index is -0.136. The summed E-state index contributed by atoms with van der Waals surface area (Å²) in [5.41, 5.74) is 0.519. The van der Waals surface area contributed by atoms with Gasteiger partial charge in [0.1, 0.15) is 6.26 Å². The molecule has 3 aliphatic rings. The summed E-state index contributed by atoms with van der Waals surface area (Å²) in [6, 6.07) is 1.66. The van der Waals surface area contributed by atoms with E-state index >= 15 is 0 Å². The number of carbonyl (C=O) groups excluding carboxylic acids is 3. The topological polar surface area (TPSA) is 82.9 Å². The van der Waals surface area contributed by atoms with E-state index in [9.17, 15) is 14.4 Å². The third-order valence-corrected chi connectivity index (χ3v) is 6.29. The average Bonchev–Trinajstić information content (AvgIpc) is 3.19. The van der Waals surface area contributed by atoms with Crippen molar-refractivity contribution in [3.05, 3.63) is 24.2 Å². The fourth-order valence-corrected chi connectivity index (χ4v) is 4.51. The summed E-state index contributed by atoms with van der Waals surface area (Å²) < 4.78 is 5.00. The van der Waals surface area contributed by atoms with Gasteiger partial charge in [0.05, 0.1) is 17.9 Å². The van der Waals surface area contributed by atoms with E-state index in [1.165, 1.54) is 25.4 Å². The minimum Gasteiger partial charge on any atom is -0.472 e. The van der Waals surface area contributed by atoms with E-state index in [4.69, 9.17) is 4.42 Å². The molecule has 3 heterocycles. The maximum Gasteiger partial charge on any atom is 0.254 e. The van der Waals surface area contributed by atoms with Crippen molar-refractivity contribution in [3.63, 3.8) is 0 Å². The Morgan fingerprint density at radius 1 is 1.07 bits per heavy atom. The monoisotopic (exact) mass is 373 g/mol. The molecule has 1 aromatic heterocycles. The lowest BCUT2D eigenvalue weighted by Gasteiger charge is -2.32. The summed E-state index contributed by atoms with van der Waals surface area (Å²) in [5, 5.41) is 3.12. The zero-order valence-electron chi connectivity index (χ0n) is 15.7. The van der Waals surface area contributed by atoms with Crippen molar-refractivity contribution in [1.82, 2.24) is 15.1 Å². The lowest BCUT2D eigenvalue weighted by molar-refractivity contribution is -0.139. The van der Waals surface area contributed by atoms with Crippen LogP contribution >= 0.6 is 0 Å². The van der Waals surface area contributed by atoms with E-state index in [0.29, 0.717) is 37.0 Å². The zero-order chi connectivity index (χ0) is 19.0. The van der Waals surface area contributed by atoms with Gasteiger partial charge in [0.15, 0.2) is 0 Å². The Balaban J connectivity index is 1.37. The summed E-state index contributed by atoms with van der Waals surface area (Å²) in [6.45, 7) is 4.21. The second-order valence-electron chi connectivity index (χ2n) is 8.12. The maximum atomic E-state index is 13.0. The summed E-state index contributed by atoms with van der Waals surface area (Å²) in [4.78, 5) is 40.7. The number of furan rings is 1. The summed E-state index contributed by atoms with van der Waals surface area (Å²) in [5.74, 6) is 1.06. The molecule has 1 saturated carbocycles. The number of nitrogens with zero attached hydrogens (tertiary/aromatic N) is 2. The third kappa shape index (κ3) is 3.87. The number of rotatable bonds is 4. The summed E-state index contributed by atoms with van der Waals surface area (Å²) in [6.07, 6.45) is 6.76. The fraction of sp³-hybridized carbons (Fsp3) is 0.650. The van der Waals surface area contributed by atoms with E-state index in [1.54, 1.807) is 13.0 Å². The molecule has 1 N–H and O–H groups in total. The van der Waals surface area contributed by atoms with E-state index in [-0.39, 0.29) is 29.7 Å². The molecule has 2 atom stereocenters. The number of hydrogen-bond acceptors (Lipinski definition) is 4. The highest BCUT2D eigenvalue weighted by atomic mass is 16.3. The Hall–Kier alpha value is -2.31. The maximum absolute atomic E-state index is 13.0. The van der Waals surface area contributed by atoms with Crippen molar-refractivity contribution in [2.75, 3.05) is 26.2 Å². The molecule has 0 aromatic carbocycles. The normalized spacial score (nSPS) is 26.3. The van der Waals surface area contributed by atoms with Gasteiger partial charge in [-0.3, -0.25) is 14.4 Å². The van der Waals surface area contributed by atoms with Crippen molar-refractivity contribution in [1.29, 1.82) is 0 Å². The van der Waals surface area contributed by atoms with Crippen LogP contribution in [0.25, 0.3) is 0 Å². The van der Waals surface area contributed by atoms with E-state index in [2.05, 4.69) is 5.32 Å². The average molecular weight is 373 g/mol. The van der Waals surface area contributed by atoms with Crippen LogP contribution in [0.3, 0.4) is 0 Å². The molecule has 0 spiro atoms. The highest BCUT2D eigenvalue weighted by molar-refractivity contribution is 5.94. The van der Waals surface area contributed by atoms with Gasteiger partial charge in [0.25, 0.3) is 5.91 Å². The largest absolute Gasteiger partial charge is 0.472 e. The highest BCUT2D eigenvalue weighted by Gasteiger charge is 2.45. The number of nitrogens with one attached hydrogen (secondary N) is 1. The molecule has 2 aliphatic heterocycles. The lowest BCUT2D eigenvalue weighted by atomic mass is 9.95. The summed E-state index contributed by atoms with van der Waals surface area (Å²) >= 11 is 0. The van der Waals surface area contributed by atoms with Crippen LogP contribution in [0.5, 0.6) is 0 Å². The van der Waals surface area contributed by atoms with Crippen LogP contribution < -0.4 is 5.32 Å². The van der Waals surface area contributed by atoms with Crippen molar-refractivity contribution in [2.45, 2.75) is 38.6 Å². The molecule has 27 heavy (non-hydrogen) atoms. The van der Waals surface area contributed by atoms with Crippen LogP contribution in [0.4, 0.5) is 0 Å². The second-order valence-corrected chi connectivity index (χ2v) is 8.12. The SMILES string of the molecule is CC(=O)N1CCC(C(=O)N2C[C@@H](NC(=O)c3ccoc3)[C@H](C3CC3)C2)CC1. The molecule has 7 heteroatoms. The van der Waals surface area contributed by atoms with Crippen LogP contribution in [-0.2, 0) is 9.59 Å². The first kappa shape index (κ1) is 18.1. The van der Waals surface area contributed by atoms with Gasteiger partial charge in [-0.05, 0) is 37.7 Å². The Morgan fingerprint density at radius 3 is 2.41 bits per heavy atom. The molecular formula is C20H27N3O4. The predicted molar refractivity (Wildman–Crippen MR) is 97.7 cm³/mol. The molecule has 1 aliphatic carbocycles. The van der Waals surface area contributed by atoms with Crippen LogP contribution in [0, 0.1) is 17.8 Å². The predicted octanol–water partition coefficient (Wildman–Crippen LogP) is 1.50. The van der Waals surface area contributed by atoms with Gasteiger partial charge in [0.2, 0.25) is 11.8 Å². The zero-order valence-corrected chi connectivity index (χ0v) is 15.7. The van der Waals surface area contributed by atoms with Crippen LogP contribution in [0.1, 0.15) is 43.0 Å². The van der Waals surface area contributed by atoms with Gasteiger partial charge in [-0.15, -0.1) is 0 Å². The van der Waals surface area contributed by atoms with Crippen molar-refractivity contribution in [2.24, 2.45) is 17.8 Å². The number of likely N-dealkylation sites (tertiary alicyclic amines) is 2. The molecule has 0 radical (unpaired) electrons. The second kappa shape index (κ2) is 7.37. The van der Waals surface area contributed by atoms with Gasteiger partial charge in [0, 0.05) is 44.9 Å². The van der Waals surface area contributed by atoms with Gasteiger partial charge < -0.3 is 19.5 Å². The number of hydrogen-bond donors (Lipinski definition) is 1. The van der Waals surface area contributed by atoms with Crippen LogP contribution in [-0.4, -0.2) is 59.7 Å². The molecule has 2 saturated heterocycles. The van der Waals surface area contributed by atoms with Crippen molar-refractivity contribution in [3.8, 4) is 0 Å². The molecule has 3 fully saturated rings. The Bertz CT molecular complexity index is 705. The van der Waals surface area contributed by atoms with Crippen molar-refractivity contribution < 1.29 is 18.8 Å². The van der Waals surface area contributed by atoms with E-state index < -0.39 is 0 Å². The number of amides is 3. The Kier molecular flexibility index (Phi) is 4.93. The lowest BCUT2D eigenvalue weighted by Crippen LogP contribution is -2.44. The highest BCUT2D eigenvalue weighted by Crippen LogP contribution is 2.42. The third-order valence-electron chi connectivity index (χ3n) is 6.29. The summed E-state index contributed by atoms with van der Waals surface area (Å²) in [7, 11) is 0. The first-order valence-electron chi connectivity index (χ1n) is 9.90. The number of carbonyl (C=O) groups is 3. The molecule has 0 bridgehead atoms. The van der Waals surface area contributed by atoms with Crippen molar-refractivity contribution >= 4 is 17.7 Å². The first-order valence-corrected chi connectivity index (χ1v) is 9.90. The Morgan fingerprint density at radius 2 is 1.81 bits per heavy atom. The Labute approximate surface area is 159 Å². The molecule has 0 unspecified atom stereocenters. The van der Waals surface area contributed by atoms with Gasteiger partial charge in [-0.1, -0.05) is 0 Å². The van der Waals surface area contributed by atoms with E-state index in [1.807, 2.05) is 9.80 Å². The fourth-order valence-electron chi connectivity index (χ4n) is 4.51. The quantitative estimate of drug-likeness (QED) is 0.867. The molecule has 3 amide bonds. The molecule has 146 valence electrons. The molecular weight excluding hydrogens is 346 g/mol. The molecule has 7 nitrogen and oxygen atoms in total. The first-order chi connectivity index (χ1) is 13.0. The molecule has 1 aromatic rings. The van der Waals surface area contributed by atoms with Gasteiger partial charge >= 0.3 is 0 Å².